The summed E-state index contributed by atoms with van der Waals surface area (Å²) in [6, 6.07) is 11.3. The second-order valence-corrected chi connectivity index (χ2v) is 8.71. The van der Waals surface area contributed by atoms with Gasteiger partial charge in [0.05, 0.1) is 16.4 Å². The highest BCUT2D eigenvalue weighted by molar-refractivity contribution is 6.35. The molecule has 1 unspecified atom stereocenters. The van der Waals surface area contributed by atoms with Gasteiger partial charge >= 0.3 is 0 Å². The van der Waals surface area contributed by atoms with Gasteiger partial charge in [0.1, 0.15) is 6.04 Å². The van der Waals surface area contributed by atoms with E-state index in [2.05, 4.69) is 10.4 Å². The van der Waals surface area contributed by atoms with Gasteiger partial charge in [0, 0.05) is 21.2 Å². The summed E-state index contributed by atoms with van der Waals surface area (Å²) in [5.41, 5.74) is 8.21. The third-order valence-corrected chi connectivity index (χ3v) is 5.64. The number of rotatable bonds is 6. The van der Waals surface area contributed by atoms with E-state index in [9.17, 15) is 9.59 Å². The summed E-state index contributed by atoms with van der Waals surface area (Å²) in [7, 11) is 0. The van der Waals surface area contributed by atoms with Gasteiger partial charge in [0.25, 0.3) is 5.91 Å². The zero-order valence-electron chi connectivity index (χ0n) is 17.1. The summed E-state index contributed by atoms with van der Waals surface area (Å²) in [6.45, 7) is 5.38. The first-order valence-electron chi connectivity index (χ1n) is 9.51. The summed E-state index contributed by atoms with van der Waals surface area (Å²) in [5.74, 6) is -1.29. The molecule has 0 aliphatic carbocycles. The van der Waals surface area contributed by atoms with Crippen molar-refractivity contribution in [3.8, 4) is 16.9 Å². The molecule has 0 saturated carbocycles. The number of amides is 2. The van der Waals surface area contributed by atoms with Gasteiger partial charge in [0.15, 0.2) is 5.69 Å². The standard InChI is InChI=1S/C22H21Cl3N4O2/c1-11(2)18(21(26)30)27-22(31)19-12(3)20(13-4-6-14(23)7-5-13)29(28-19)17-9-8-15(24)10-16(17)25/h4-11,18H,1-3H3,(H2,26,30)(H,27,31). The summed E-state index contributed by atoms with van der Waals surface area (Å²) >= 11 is 18.5. The molecule has 0 aliphatic heterocycles. The maximum absolute atomic E-state index is 13.0. The molecule has 162 valence electrons. The summed E-state index contributed by atoms with van der Waals surface area (Å²) < 4.78 is 1.58. The molecule has 3 rings (SSSR count). The molecule has 0 spiro atoms. The summed E-state index contributed by atoms with van der Waals surface area (Å²) in [5, 5.41) is 8.64. The predicted molar refractivity (Wildman–Crippen MR) is 124 cm³/mol. The lowest BCUT2D eigenvalue weighted by Crippen LogP contribution is -2.47. The van der Waals surface area contributed by atoms with Crippen molar-refractivity contribution in [1.29, 1.82) is 0 Å². The van der Waals surface area contributed by atoms with Gasteiger partial charge in [-0.05, 0) is 43.2 Å². The highest BCUT2D eigenvalue weighted by Crippen LogP contribution is 2.33. The predicted octanol–water partition coefficient (Wildman–Crippen LogP) is 5.05. The van der Waals surface area contributed by atoms with Gasteiger partial charge < -0.3 is 11.1 Å². The van der Waals surface area contributed by atoms with Crippen LogP contribution in [0.15, 0.2) is 42.5 Å². The number of nitrogens with two attached hydrogens (primary N) is 1. The third-order valence-electron chi connectivity index (χ3n) is 4.85. The van der Waals surface area contributed by atoms with E-state index in [0.717, 1.165) is 5.56 Å². The molecule has 9 heteroatoms. The second kappa shape index (κ2) is 9.30. The highest BCUT2D eigenvalue weighted by atomic mass is 35.5. The third kappa shape index (κ3) is 4.87. The number of halogens is 3. The molecular formula is C22H21Cl3N4O2. The van der Waals surface area contributed by atoms with Gasteiger partial charge in [-0.15, -0.1) is 0 Å². The van der Waals surface area contributed by atoms with Crippen LogP contribution >= 0.6 is 34.8 Å². The lowest BCUT2D eigenvalue weighted by molar-refractivity contribution is -0.120. The number of primary amides is 1. The van der Waals surface area contributed by atoms with E-state index in [1.54, 1.807) is 55.8 Å². The average molecular weight is 480 g/mol. The van der Waals surface area contributed by atoms with Crippen LogP contribution in [0.1, 0.15) is 29.9 Å². The Labute approximate surface area is 195 Å². The van der Waals surface area contributed by atoms with Crippen LogP contribution in [-0.4, -0.2) is 27.6 Å². The van der Waals surface area contributed by atoms with Crippen LogP contribution in [0, 0.1) is 12.8 Å². The Bertz CT molecular complexity index is 1140. The Kier molecular flexibility index (Phi) is 6.94. The van der Waals surface area contributed by atoms with E-state index in [1.165, 1.54) is 0 Å². The lowest BCUT2D eigenvalue weighted by atomic mass is 10.0. The number of hydrogen-bond acceptors (Lipinski definition) is 3. The maximum atomic E-state index is 13.0. The molecule has 0 fully saturated rings. The summed E-state index contributed by atoms with van der Waals surface area (Å²) in [6.07, 6.45) is 0. The molecule has 1 atom stereocenters. The molecule has 3 N–H and O–H groups in total. The molecule has 0 radical (unpaired) electrons. The van der Waals surface area contributed by atoms with Crippen molar-refractivity contribution >= 4 is 46.6 Å². The average Bonchev–Trinajstić information content (AvgIpc) is 3.03. The van der Waals surface area contributed by atoms with Gasteiger partial charge in [-0.3, -0.25) is 9.59 Å². The number of carbonyl (C=O) groups excluding carboxylic acids is 2. The van der Waals surface area contributed by atoms with E-state index in [4.69, 9.17) is 40.5 Å². The topological polar surface area (TPSA) is 90.0 Å². The molecular weight excluding hydrogens is 459 g/mol. The van der Waals surface area contributed by atoms with Gasteiger partial charge in [-0.1, -0.05) is 60.8 Å². The fraction of sp³-hybridized carbons (Fsp3) is 0.227. The van der Waals surface area contributed by atoms with Gasteiger partial charge in [0.2, 0.25) is 5.91 Å². The monoisotopic (exact) mass is 478 g/mol. The normalized spacial score (nSPS) is 12.1. The van der Waals surface area contributed by atoms with Crippen molar-refractivity contribution in [3.05, 3.63) is 68.8 Å². The maximum Gasteiger partial charge on any atom is 0.272 e. The largest absolute Gasteiger partial charge is 0.368 e. The van der Waals surface area contributed by atoms with E-state index < -0.39 is 17.9 Å². The molecule has 0 bridgehead atoms. The number of carbonyl (C=O) groups is 2. The zero-order chi connectivity index (χ0) is 22.9. The van der Waals surface area contributed by atoms with E-state index >= 15 is 0 Å². The Morgan fingerprint density at radius 2 is 1.65 bits per heavy atom. The number of hydrogen-bond donors (Lipinski definition) is 2. The van der Waals surface area contributed by atoms with Crippen molar-refractivity contribution in [2.75, 3.05) is 0 Å². The van der Waals surface area contributed by atoms with Crippen LogP contribution in [0.4, 0.5) is 0 Å². The Morgan fingerprint density at radius 1 is 1.03 bits per heavy atom. The van der Waals surface area contributed by atoms with Gasteiger partial charge in [-0.25, -0.2) is 4.68 Å². The van der Waals surface area contributed by atoms with Crippen molar-refractivity contribution in [1.82, 2.24) is 15.1 Å². The minimum Gasteiger partial charge on any atom is -0.368 e. The van der Waals surface area contributed by atoms with Crippen molar-refractivity contribution in [3.63, 3.8) is 0 Å². The number of aromatic nitrogens is 2. The molecule has 0 saturated heterocycles. The first-order chi connectivity index (χ1) is 14.6. The smallest absolute Gasteiger partial charge is 0.272 e. The number of benzene rings is 2. The SMILES string of the molecule is Cc1c(C(=O)NC(C(N)=O)C(C)C)nn(-c2ccc(Cl)cc2Cl)c1-c1ccc(Cl)cc1. The molecule has 2 aromatic carbocycles. The van der Waals surface area contributed by atoms with Crippen LogP contribution < -0.4 is 11.1 Å². The Hall–Kier alpha value is -2.54. The first-order valence-corrected chi connectivity index (χ1v) is 10.6. The molecule has 6 nitrogen and oxygen atoms in total. The van der Waals surface area contributed by atoms with Gasteiger partial charge in [-0.2, -0.15) is 5.10 Å². The molecule has 1 heterocycles. The quantitative estimate of drug-likeness (QED) is 0.518. The van der Waals surface area contributed by atoms with Crippen LogP contribution in [0.3, 0.4) is 0 Å². The van der Waals surface area contributed by atoms with E-state index in [0.29, 0.717) is 32.0 Å². The first kappa shape index (κ1) is 23.1. The minimum absolute atomic E-state index is 0.155. The van der Waals surface area contributed by atoms with Crippen molar-refractivity contribution < 1.29 is 9.59 Å². The van der Waals surface area contributed by atoms with Crippen molar-refractivity contribution in [2.24, 2.45) is 11.7 Å². The molecule has 1 aromatic heterocycles. The molecule has 2 amide bonds. The Morgan fingerprint density at radius 3 is 2.19 bits per heavy atom. The fourth-order valence-electron chi connectivity index (χ4n) is 3.26. The number of nitrogens with one attached hydrogen (secondary N) is 1. The van der Waals surface area contributed by atoms with Crippen molar-refractivity contribution in [2.45, 2.75) is 26.8 Å². The lowest BCUT2D eigenvalue weighted by Gasteiger charge is -2.18. The fourth-order valence-corrected chi connectivity index (χ4v) is 3.88. The van der Waals surface area contributed by atoms with Crippen LogP contribution in [-0.2, 0) is 4.79 Å². The number of nitrogens with zero attached hydrogens (tertiary/aromatic N) is 2. The van der Waals surface area contributed by atoms with E-state index in [-0.39, 0.29) is 11.6 Å². The van der Waals surface area contributed by atoms with Crippen LogP contribution in [0.5, 0.6) is 0 Å². The molecule has 3 aromatic rings. The minimum atomic E-state index is -0.824. The van der Waals surface area contributed by atoms with Crippen LogP contribution in [0.25, 0.3) is 16.9 Å². The Balaban J connectivity index is 2.17. The van der Waals surface area contributed by atoms with E-state index in [1.807, 2.05) is 12.1 Å². The molecule has 31 heavy (non-hydrogen) atoms. The second-order valence-electron chi connectivity index (χ2n) is 7.43. The van der Waals surface area contributed by atoms with Crippen LogP contribution in [0.2, 0.25) is 15.1 Å². The highest BCUT2D eigenvalue weighted by Gasteiger charge is 2.27. The summed E-state index contributed by atoms with van der Waals surface area (Å²) in [4.78, 5) is 24.8. The molecule has 0 aliphatic rings. The zero-order valence-corrected chi connectivity index (χ0v) is 19.4.